The van der Waals surface area contributed by atoms with Crippen LogP contribution in [0.1, 0.15) is 35.7 Å². The molecule has 0 spiro atoms. The van der Waals surface area contributed by atoms with Crippen LogP contribution in [-0.4, -0.2) is 25.5 Å². The average molecular weight is 281 g/mol. The molecule has 3 nitrogen and oxygen atoms in total. The Bertz CT molecular complexity index is 467. The summed E-state index contributed by atoms with van der Waals surface area (Å²) in [5, 5.41) is 6.88. The molecule has 1 aliphatic heterocycles. The van der Waals surface area contributed by atoms with Gasteiger partial charge in [-0.1, -0.05) is 24.6 Å². The zero-order chi connectivity index (χ0) is 13.9. The highest BCUT2D eigenvalue weighted by molar-refractivity contribution is 6.33. The second kappa shape index (κ2) is 5.93. The first kappa shape index (κ1) is 14.4. The van der Waals surface area contributed by atoms with E-state index in [9.17, 15) is 4.79 Å². The third kappa shape index (κ3) is 3.71. The maximum Gasteiger partial charge on any atom is 0.252 e. The van der Waals surface area contributed by atoms with Crippen LogP contribution < -0.4 is 10.6 Å². The van der Waals surface area contributed by atoms with Gasteiger partial charge in [-0.05, 0) is 56.0 Å². The standard InChI is InChI=1S/C15H21ClN2O/c1-11-3-4-12(13(16)9-11)14(19)18-10-15(2)5-7-17-8-6-15/h3-4,9,17H,5-8,10H2,1-2H3,(H,18,19). The van der Waals surface area contributed by atoms with E-state index in [4.69, 9.17) is 11.6 Å². The van der Waals surface area contributed by atoms with Crippen LogP contribution >= 0.6 is 11.6 Å². The van der Waals surface area contributed by atoms with Crippen molar-refractivity contribution in [2.75, 3.05) is 19.6 Å². The normalized spacial score (nSPS) is 18.1. The van der Waals surface area contributed by atoms with Crippen LogP contribution in [0.2, 0.25) is 5.02 Å². The number of carbonyl (C=O) groups is 1. The first-order valence-electron chi connectivity index (χ1n) is 6.75. The summed E-state index contributed by atoms with van der Waals surface area (Å²) in [5.41, 5.74) is 1.81. The van der Waals surface area contributed by atoms with Crippen molar-refractivity contribution in [2.24, 2.45) is 5.41 Å². The maximum absolute atomic E-state index is 12.2. The minimum atomic E-state index is -0.0789. The average Bonchev–Trinajstić information content (AvgIpc) is 2.37. The minimum Gasteiger partial charge on any atom is -0.351 e. The molecule has 0 atom stereocenters. The number of carbonyl (C=O) groups excluding carboxylic acids is 1. The van der Waals surface area contributed by atoms with Gasteiger partial charge in [0.1, 0.15) is 0 Å². The summed E-state index contributed by atoms with van der Waals surface area (Å²) in [4.78, 5) is 12.2. The van der Waals surface area contributed by atoms with E-state index in [0.717, 1.165) is 31.5 Å². The largest absolute Gasteiger partial charge is 0.351 e. The monoisotopic (exact) mass is 280 g/mol. The zero-order valence-electron chi connectivity index (χ0n) is 11.6. The number of nitrogens with one attached hydrogen (secondary N) is 2. The van der Waals surface area contributed by atoms with Crippen LogP contribution in [-0.2, 0) is 0 Å². The Balaban J connectivity index is 1.97. The molecule has 104 valence electrons. The molecular weight excluding hydrogens is 260 g/mol. The number of hydrogen-bond donors (Lipinski definition) is 2. The molecular formula is C15H21ClN2O. The minimum absolute atomic E-state index is 0.0789. The van der Waals surface area contributed by atoms with Crippen molar-refractivity contribution in [1.29, 1.82) is 0 Å². The second-order valence-electron chi connectivity index (χ2n) is 5.73. The summed E-state index contributed by atoms with van der Waals surface area (Å²) < 4.78 is 0. The van der Waals surface area contributed by atoms with Gasteiger partial charge in [0.05, 0.1) is 10.6 Å². The molecule has 1 heterocycles. The Morgan fingerprint density at radius 1 is 1.42 bits per heavy atom. The van der Waals surface area contributed by atoms with Crippen molar-refractivity contribution in [2.45, 2.75) is 26.7 Å². The Labute approximate surface area is 119 Å². The van der Waals surface area contributed by atoms with E-state index in [2.05, 4.69) is 17.6 Å². The SMILES string of the molecule is Cc1ccc(C(=O)NCC2(C)CCNCC2)c(Cl)c1. The lowest BCUT2D eigenvalue weighted by Crippen LogP contribution is -2.42. The Hall–Kier alpha value is -1.06. The van der Waals surface area contributed by atoms with Crippen LogP contribution in [0.4, 0.5) is 0 Å². The van der Waals surface area contributed by atoms with Gasteiger partial charge in [0.15, 0.2) is 0 Å². The summed E-state index contributed by atoms with van der Waals surface area (Å²) >= 11 is 6.11. The van der Waals surface area contributed by atoms with Crippen LogP contribution in [0.15, 0.2) is 18.2 Å². The number of piperidine rings is 1. The van der Waals surface area contributed by atoms with E-state index in [0.29, 0.717) is 17.1 Å². The number of rotatable bonds is 3. The second-order valence-corrected chi connectivity index (χ2v) is 6.13. The molecule has 19 heavy (non-hydrogen) atoms. The third-order valence-electron chi connectivity index (χ3n) is 3.86. The Morgan fingerprint density at radius 2 is 2.11 bits per heavy atom. The van der Waals surface area contributed by atoms with Gasteiger partial charge >= 0.3 is 0 Å². The molecule has 2 N–H and O–H groups in total. The number of benzene rings is 1. The van der Waals surface area contributed by atoms with E-state index >= 15 is 0 Å². The van der Waals surface area contributed by atoms with Gasteiger partial charge in [-0.3, -0.25) is 4.79 Å². The topological polar surface area (TPSA) is 41.1 Å². The van der Waals surface area contributed by atoms with Gasteiger partial charge in [0, 0.05) is 6.54 Å². The molecule has 0 saturated carbocycles. The highest BCUT2D eigenvalue weighted by Gasteiger charge is 2.27. The fourth-order valence-electron chi connectivity index (χ4n) is 2.40. The molecule has 1 aromatic carbocycles. The maximum atomic E-state index is 12.2. The lowest BCUT2D eigenvalue weighted by atomic mass is 9.81. The van der Waals surface area contributed by atoms with Crippen molar-refractivity contribution < 1.29 is 4.79 Å². The van der Waals surface area contributed by atoms with Crippen molar-refractivity contribution in [1.82, 2.24) is 10.6 Å². The molecule has 0 aromatic heterocycles. The molecule has 1 fully saturated rings. The summed E-state index contributed by atoms with van der Waals surface area (Å²) in [6.07, 6.45) is 2.18. The van der Waals surface area contributed by atoms with E-state index in [-0.39, 0.29) is 11.3 Å². The fraction of sp³-hybridized carbons (Fsp3) is 0.533. The molecule has 1 saturated heterocycles. The summed E-state index contributed by atoms with van der Waals surface area (Å²) in [6.45, 7) is 6.95. The molecule has 1 aromatic rings. The quantitative estimate of drug-likeness (QED) is 0.894. The number of hydrogen-bond acceptors (Lipinski definition) is 2. The smallest absolute Gasteiger partial charge is 0.252 e. The molecule has 1 amide bonds. The molecule has 0 aliphatic carbocycles. The van der Waals surface area contributed by atoms with E-state index in [1.54, 1.807) is 6.07 Å². The lowest BCUT2D eigenvalue weighted by molar-refractivity contribution is 0.0922. The molecule has 1 aliphatic rings. The van der Waals surface area contributed by atoms with Crippen molar-refractivity contribution in [3.63, 3.8) is 0 Å². The lowest BCUT2D eigenvalue weighted by Gasteiger charge is -2.34. The molecule has 0 radical (unpaired) electrons. The van der Waals surface area contributed by atoms with Crippen LogP contribution in [0.25, 0.3) is 0 Å². The predicted molar refractivity (Wildman–Crippen MR) is 78.7 cm³/mol. The van der Waals surface area contributed by atoms with E-state index < -0.39 is 0 Å². The van der Waals surface area contributed by atoms with Crippen LogP contribution in [0.5, 0.6) is 0 Å². The third-order valence-corrected chi connectivity index (χ3v) is 4.17. The number of aryl methyl sites for hydroxylation is 1. The highest BCUT2D eigenvalue weighted by atomic mass is 35.5. The summed E-state index contributed by atoms with van der Waals surface area (Å²) in [6, 6.07) is 5.52. The zero-order valence-corrected chi connectivity index (χ0v) is 12.3. The van der Waals surface area contributed by atoms with Crippen molar-refractivity contribution in [3.05, 3.63) is 34.3 Å². The summed E-state index contributed by atoms with van der Waals surface area (Å²) in [5.74, 6) is -0.0789. The fourth-order valence-corrected chi connectivity index (χ4v) is 2.72. The van der Waals surface area contributed by atoms with Gasteiger partial charge in [-0.25, -0.2) is 0 Å². The summed E-state index contributed by atoms with van der Waals surface area (Å²) in [7, 11) is 0. The molecule has 0 bridgehead atoms. The van der Waals surface area contributed by atoms with E-state index in [1.807, 2.05) is 19.1 Å². The van der Waals surface area contributed by atoms with Gasteiger partial charge in [-0.15, -0.1) is 0 Å². The number of amides is 1. The van der Waals surface area contributed by atoms with Crippen molar-refractivity contribution in [3.8, 4) is 0 Å². The molecule has 4 heteroatoms. The van der Waals surface area contributed by atoms with Crippen LogP contribution in [0, 0.1) is 12.3 Å². The van der Waals surface area contributed by atoms with Gasteiger partial charge < -0.3 is 10.6 Å². The van der Waals surface area contributed by atoms with E-state index in [1.165, 1.54) is 0 Å². The molecule has 0 unspecified atom stereocenters. The highest BCUT2D eigenvalue weighted by Crippen LogP contribution is 2.27. The van der Waals surface area contributed by atoms with Crippen LogP contribution in [0.3, 0.4) is 0 Å². The van der Waals surface area contributed by atoms with Gasteiger partial charge in [0.25, 0.3) is 5.91 Å². The number of halogens is 1. The first-order chi connectivity index (χ1) is 9.00. The van der Waals surface area contributed by atoms with Gasteiger partial charge in [-0.2, -0.15) is 0 Å². The molecule has 2 rings (SSSR count). The van der Waals surface area contributed by atoms with Crippen molar-refractivity contribution >= 4 is 17.5 Å². The Kier molecular flexibility index (Phi) is 4.48. The van der Waals surface area contributed by atoms with Gasteiger partial charge in [0.2, 0.25) is 0 Å². The predicted octanol–water partition coefficient (Wildman–Crippen LogP) is 2.77. The Morgan fingerprint density at radius 3 is 2.74 bits per heavy atom. The first-order valence-corrected chi connectivity index (χ1v) is 7.13.